The molecule has 1 N–H and O–H groups in total. The maximum atomic E-state index is 12.2. The Morgan fingerprint density at radius 3 is 2.37 bits per heavy atom. The molecule has 1 aliphatic carbocycles. The van der Waals surface area contributed by atoms with Gasteiger partial charge >= 0.3 is 0 Å². The van der Waals surface area contributed by atoms with Gasteiger partial charge in [-0.25, -0.2) is 0 Å². The molecule has 2 nitrogen and oxygen atoms in total. The van der Waals surface area contributed by atoms with E-state index in [1.165, 1.54) is 0 Å². The van der Waals surface area contributed by atoms with Crippen LogP contribution >= 0.6 is 34.8 Å². The van der Waals surface area contributed by atoms with Gasteiger partial charge in [0.25, 0.3) is 0 Å². The van der Waals surface area contributed by atoms with Crippen LogP contribution in [0.1, 0.15) is 13.8 Å². The van der Waals surface area contributed by atoms with Crippen molar-refractivity contribution >= 4 is 46.4 Å². The molecule has 0 aliphatic heterocycles. The molecule has 0 heterocycles. The van der Waals surface area contributed by atoms with E-state index in [4.69, 9.17) is 34.8 Å². The lowest BCUT2D eigenvalue weighted by molar-refractivity contribution is -0.118. The molecule has 1 saturated carbocycles. The Labute approximate surface area is 127 Å². The van der Waals surface area contributed by atoms with Crippen LogP contribution in [0.4, 0.5) is 5.69 Å². The van der Waals surface area contributed by atoms with Crippen LogP contribution in [0, 0.1) is 17.3 Å². The standard InChI is InChI=1S/C14H14Cl3NO/c1-14(2)10(7-11(16)17)12(14)13(19)18-9-5-3-8(15)4-6-9/h3-7,10,12H,1-2H3,(H,18,19)/t10-,12+/m1/s1. The van der Waals surface area contributed by atoms with Crippen molar-refractivity contribution in [1.82, 2.24) is 0 Å². The summed E-state index contributed by atoms with van der Waals surface area (Å²) in [6, 6.07) is 7.02. The van der Waals surface area contributed by atoms with Gasteiger partial charge in [0.1, 0.15) is 4.49 Å². The quantitative estimate of drug-likeness (QED) is 0.846. The average Bonchev–Trinajstić information content (AvgIpc) is 2.83. The third kappa shape index (κ3) is 3.25. The molecule has 19 heavy (non-hydrogen) atoms. The molecule has 2 rings (SSSR count). The summed E-state index contributed by atoms with van der Waals surface area (Å²) in [4.78, 5) is 12.2. The summed E-state index contributed by atoms with van der Waals surface area (Å²) < 4.78 is 0.208. The second-order valence-corrected chi connectivity index (χ2v) is 6.72. The van der Waals surface area contributed by atoms with Gasteiger partial charge in [-0.1, -0.05) is 48.7 Å². The molecule has 0 saturated heterocycles. The fraction of sp³-hybridized carbons (Fsp3) is 0.357. The first-order valence-corrected chi connectivity index (χ1v) is 7.05. The summed E-state index contributed by atoms with van der Waals surface area (Å²) in [5, 5.41) is 3.52. The molecule has 5 heteroatoms. The molecule has 0 aromatic heterocycles. The van der Waals surface area contributed by atoms with Crippen LogP contribution in [-0.2, 0) is 4.79 Å². The number of halogens is 3. The molecule has 0 bridgehead atoms. The lowest BCUT2D eigenvalue weighted by Gasteiger charge is -2.06. The van der Waals surface area contributed by atoms with Crippen molar-refractivity contribution in [3.05, 3.63) is 39.9 Å². The Kier molecular flexibility index (Phi) is 4.14. The van der Waals surface area contributed by atoms with Crippen LogP contribution < -0.4 is 5.32 Å². The number of rotatable bonds is 3. The number of benzene rings is 1. The van der Waals surface area contributed by atoms with E-state index in [9.17, 15) is 4.79 Å². The SMILES string of the molecule is CC1(C)[C@H](C=C(Cl)Cl)[C@H]1C(=O)Nc1ccc(Cl)cc1. The zero-order valence-corrected chi connectivity index (χ0v) is 12.9. The van der Waals surface area contributed by atoms with E-state index in [0.717, 1.165) is 5.69 Å². The summed E-state index contributed by atoms with van der Waals surface area (Å²) in [5.74, 6) is -0.0661. The van der Waals surface area contributed by atoms with E-state index < -0.39 is 0 Å². The molecule has 2 atom stereocenters. The number of amides is 1. The van der Waals surface area contributed by atoms with Crippen molar-refractivity contribution in [3.8, 4) is 0 Å². The normalized spacial score (nSPS) is 23.6. The summed E-state index contributed by atoms with van der Waals surface area (Å²) in [6.45, 7) is 4.05. The third-order valence-electron chi connectivity index (χ3n) is 3.61. The van der Waals surface area contributed by atoms with Crippen LogP contribution in [0.15, 0.2) is 34.8 Å². The second-order valence-electron chi connectivity index (χ2n) is 5.28. The smallest absolute Gasteiger partial charge is 0.228 e. The van der Waals surface area contributed by atoms with Gasteiger partial charge in [0.05, 0.1) is 5.92 Å². The number of allylic oxidation sites excluding steroid dienone is 1. The molecule has 0 radical (unpaired) electrons. The van der Waals surface area contributed by atoms with Gasteiger partial charge in [-0.3, -0.25) is 4.79 Å². The topological polar surface area (TPSA) is 29.1 Å². The molecule has 1 aromatic carbocycles. The first-order chi connectivity index (χ1) is 8.82. The fourth-order valence-electron chi connectivity index (χ4n) is 2.38. The lowest BCUT2D eigenvalue weighted by Crippen LogP contribution is -2.16. The minimum Gasteiger partial charge on any atom is -0.326 e. The van der Waals surface area contributed by atoms with Crippen LogP contribution in [0.2, 0.25) is 5.02 Å². The van der Waals surface area contributed by atoms with Crippen LogP contribution in [0.5, 0.6) is 0 Å². The van der Waals surface area contributed by atoms with E-state index in [0.29, 0.717) is 5.02 Å². The fourth-order valence-corrected chi connectivity index (χ4v) is 2.78. The van der Waals surface area contributed by atoms with Gasteiger partial charge in [-0.2, -0.15) is 0 Å². The van der Waals surface area contributed by atoms with E-state index in [1.54, 1.807) is 30.3 Å². The number of hydrogen-bond donors (Lipinski definition) is 1. The Hall–Kier alpha value is -0.700. The van der Waals surface area contributed by atoms with Gasteiger partial charge in [0.2, 0.25) is 5.91 Å². The highest BCUT2D eigenvalue weighted by molar-refractivity contribution is 6.55. The molecule has 0 unspecified atom stereocenters. The van der Waals surface area contributed by atoms with Gasteiger partial charge in [0.15, 0.2) is 0 Å². The molecule has 1 amide bonds. The zero-order chi connectivity index (χ0) is 14.2. The van der Waals surface area contributed by atoms with Gasteiger partial charge in [-0.05, 0) is 41.7 Å². The highest BCUT2D eigenvalue weighted by Gasteiger charge is 2.60. The molecular weight excluding hydrogens is 305 g/mol. The van der Waals surface area contributed by atoms with Crippen LogP contribution in [-0.4, -0.2) is 5.91 Å². The Morgan fingerprint density at radius 1 is 1.26 bits per heavy atom. The summed E-state index contributed by atoms with van der Waals surface area (Å²) in [6.07, 6.45) is 1.73. The Morgan fingerprint density at radius 2 is 1.84 bits per heavy atom. The van der Waals surface area contributed by atoms with Crippen molar-refractivity contribution in [2.45, 2.75) is 13.8 Å². The van der Waals surface area contributed by atoms with Gasteiger partial charge in [0, 0.05) is 10.7 Å². The molecule has 1 fully saturated rings. The van der Waals surface area contributed by atoms with E-state index in [1.807, 2.05) is 13.8 Å². The van der Waals surface area contributed by atoms with E-state index >= 15 is 0 Å². The average molecular weight is 319 g/mol. The molecule has 1 aromatic rings. The number of nitrogens with one attached hydrogen (secondary N) is 1. The monoisotopic (exact) mass is 317 g/mol. The van der Waals surface area contributed by atoms with Crippen molar-refractivity contribution in [2.75, 3.05) is 5.32 Å². The number of carbonyl (C=O) groups is 1. The van der Waals surface area contributed by atoms with Gasteiger partial charge < -0.3 is 5.32 Å². The van der Waals surface area contributed by atoms with Crippen molar-refractivity contribution < 1.29 is 4.79 Å². The highest BCUT2D eigenvalue weighted by Crippen LogP contribution is 2.59. The van der Waals surface area contributed by atoms with Crippen LogP contribution in [0.25, 0.3) is 0 Å². The zero-order valence-electron chi connectivity index (χ0n) is 10.6. The molecule has 1 aliphatic rings. The van der Waals surface area contributed by atoms with Gasteiger partial charge in [-0.15, -0.1) is 0 Å². The summed E-state index contributed by atoms with van der Waals surface area (Å²) in [5.41, 5.74) is 0.614. The predicted octanol–water partition coefficient (Wildman–Crippen LogP) is 4.87. The first kappa shape index (κ1) is 14.7. The van der Waals surface area contributed by atoms with Crippen LogP contribution in [0.3, 0.4) is 0 Å². The number of anilines is 1. The number of carbonyl (C=O) groups excluding carboxylic acids is 1. The van der Waals surface area contributed by atoms with E-state index in [-0.39, 0.29) is 27.6 Å². The van der Waals surface area contributed by atoms with Crippen molar-refractivity contribution in [1.29, 1.82) is 0 Å². The predicted molar refractivity (Wildman–Crippen MR) is 80.6 cm³/mol. The largest absolute Gasteiger partial charge is 0.326 e. The first-order valence-electron chi connectivity index (χ1n) is 5.91. The maximum Gasteiger partial charge on any atom is 0.228 e. The Bertz CT molecular complexity index is 518. The maximum absolute atomic E-state index is 12.2. The highest BCUT2D eigenvalue weighted by atomic mass is 35.5. The molecule has 0 spiro atoms. The van der Waals surface area contributed by atoms with E-state index in [2.05, 4.69) is 5.32 Å². The molecular formula is C14H14Cl3NO. The minimum atomic E-state index is -0.120. The Balaban J connectivity index is 2.05. The minimum absolute atomic E-state index is 0.0249. The van der Waals surface area contributed by atoms with Crippen molar-refractivity contribution in [2.24, 2.45) is 17.3 Å². The third-order valence-corrected chi connectivity index (χ3v) is 4.11. The second kappa shape index (κ2) is 5.35. The summed E-state index contributed by atoms with van der Waals surface area (Å²) >= 11 is 17.1. The number of hydrogen-bond acceptors (Lipinski definition) is 1. The lowest BCUT2D eigenvalue weighted by atomic mass is 10.1. The van der Waals surface area contributed by atoms with Crippen molar-refractivity contribution in [3.63, 3.8) is 0 Å². The molecule has 102 valence electrons. The summed E-state index contributed by atoms with van der Waals surface area (Å²) in [7, 11) is 0.